The van der Waals surface area contributed by atoms with Gasteiger partial charge in [0, 0.05) is 0 Å². The lowest BCUT2D eigenvalue weighted by Crippen LogP contribution is -2.50. The van der Waals surface area contributed by atoms with Gasteiger partial charge < -0.3 is 14.9 Å². The van der Waals surface area contributed by atoms with Crippen molar-refractivity contribution in [2.75, 3.05) is 6.61 Å². The molecule has 0 spiro atoms. The van der Waals surface area contributed by atoms with Gasteiger partial charge in [0.05, 0.1) is 23.2 Å². The lowest BCUT2D eigenvalue weighted by molar-refractivity contribution is -0.172. The Balaban J connectivity index is 2.25. The molecular weight excluding hydrogens is 244 g/mol. The summed E-state index contributed by atoms with van der Waals surface area (Å²) in [7, 11) is 0. The van der Waals surface area contributed by atoms with Crippen molar-refractivity contribution >= 4 is 5.97 Å². The van der Waals surface area contributed by atoms with Crippen LogP contribution in [0.2, 0.25) is 0 Å². The molecule has 2 saturated carbocycles. The fourth-order valence-electron chi connectivity index (χ4n) is 4.24. The molecule has 4 heteroatoms. The third-order valence-electron chi connectivity index (χ3n) is 5.00. The van der Waals surface area contributed by atoms with E-state index in [1.807, 2.05) is 0 Å². The molecule has 0 saturated heterocycles. The average Bonchev–Trinajstić information content (AvgIpc) is 2.73. The summed E-state index contributed by atoms with van der Waals surface area (Å²) < 4.78 is 5.21. The number of rotatable bonds is 4. The molecular formula is C15H26O4. The Kier molecular flexibility index (Phi) is 3.69. The van der Waals surface area contributed by atoms with E-state index >= 15 is 0 Å². The molecule has 0 aromatic rings. The maximum absolute atomic E-state index is 12.3. The Bertz CT molecular complexity index is 360. The number of fused-ring (bicyclic) bond motifs is 1. The Morgan fingerprint density at radius 3 is 2.63 bits per heavy atom. The molecule has 0 radical (unpaired) electrons. The first-order valence-electron chi connectivity index (χ1n) is 7.37. The van der Waals surface area contributed by atoms with Gasteiger partial charge in [-0.2, -0.15) is 0 Å². The second-order valence-electron chi connectivity index (χ2n) is 6.83. The Morgan fingerprint density at radius 2 is 2.05 bits per heavy atom. The molecule has 0 amide bonds. The molecule has 2 aliphatic rings. The first-order valence-corrected chi connectivity index (χ1v) is 7.37. The van der Waals surface area contributed by atoms with E-state index in [1.54, 1.807) is 20.8 Å². The summed E-state index contributed by atoms with van der Waals surface area (Å²) in [5, 5.41) is 21.1. The SMILES string of the molecule is CCOC(=O)[C@@]12CCC[C@]1(O)[C@H](CC(C)(C)O)CC2. The highest BCUT2D eigenvalue weighted by Crippen LogP contribution is 2.61. The van der Waals surface area contributed by atoms with Crippen molar-refractivity contribution in [3.05, 3.63) is 0 Å². The van der Waals surface area contributed by atoms with Crippen molar-refractivity contribution in [3.63, 3.8) is 0 Å². The summed E-state index contributed by atoms with van der Waals surface area (Å²) in [6.07, 6.45) is 4.22. The van der Waals surface area contributed by atoms with Gasteiger partial charge in [0.15, 0.2) is 0 Å². The van der Waals surface area contributed by atoms with E-state index in [9.17, 15) is 15.0 Å². The summed E-state index contributed by atoms with van der Waals surface area (Å²) in [6, 6.07) is 0. The molecule has 110 valence electrons. The molecule has 4 nitrogen and oxygen atoms in total. The van der Waals surface area contributed by atoms with Crippen molar-refractivity contribution in [1.29, 1.82) is 0 Å². The van der Waals surface area contributed by atoms with Crippen LogP contribution in [0.3, 0.4) is 0 Å². The molecule has 2 aliphatic carbocycles. The first-order chi connectivity index (χ1) is 8.75. The minimum absolute atomic E-state index is 0.0144. The Hall–Kier alpha value is -0.610. The number of aliphatic hydroxyl groups is 2. The summed E-state index contributed by atoms with van der Waals surface area (Å²) >= 11 is 0. The second kappa shape index (κ2) is 4.74. The molecule has 0 aromatic heterocycles. The van der Waals surface area contributed by atoms with Crippen molar-refractivity contribution < 1.29 is 19.7 Å². The maximum Gasteiger partial charge on any atom is 0.315 e. The highest BCUT2D eigenvalue weighted by molar-refractivity contribution is 5.79. The largest absolute Gasteiger partial charge is 0.465 e. The second-order valence-corrected chi connectivity index (χ2v) is 6.83. The molecule has 2 fully saturated rings. The van der Waals surface area contributed by atoms with Crippen LogP contribution in [-0.2, 0) is 9.53 Å². The maximum atomic E-state index is 12.3. The standard InChI is InChI=1S/C15H26O4/c1-4-19-12(16)14-7-5-8-15(14,18)11(6-9-14)10-13(2,3)17/h11,17-18H,4-10H2,1-3H3/t11-,14-,15-/m0/s1. The predicted molar refractivity (Wildman–Crippen MR) is 71.5 cm³/mol. The van der Waals surface area contributed by atoms with Crippen molar-refractivity contribution in [2.45, 2.75) is 70.5 Å². The molecule has 0 heterocycles. The van der Waals surface area contributed by atoms with E-state index < -0.39 is 16.6 Å². The van der Waals surface area contributed by atoms with Crippen LogP contribution in [0, 0.1) is 11.3 Å². The van der Waals surface area contributed by atoms with Crippen LogP contribution in [0.15, 0.2) is 0 Å². The predicted octanol–water partition coefficient (Wildman–Crippen LogP) is 2.02. The van der Waals surface area contributed by atoms with Gasteiger partial charge >= 0.3 is 5.97 Å². The summed E-state index contributed by atoms with van der Waals surface area (Å²) in [5.74, 6) is -0.257. The average molecular weight is 270 g/mol. The number of ether oxygens (including phenoxy) is 1. The highest BCUT2D eigenvalue weighted by atomic mass is 16.5. The quantitative estimate of drug-likeness (QED) is 0.767. The number of hydrogen-bond donors (Lipinski definition) is 2. The number of carbonyl (C=O) groups is 1. The monoisotopic (exact) mass is 270 g/mol. The van der Waals surface area contributed by atoms with E-state index in [1.165, 1.54) is 0 Å². The number of hydrogen-bond acceptors (Lipinski definition) is 4. The van der Waals surface area contributed by atoms with Gasteiger partial charge in [-0.15, -0.1) is 0 Å². The fraction of sp³-hybridized carbons (Fsp3) is 0.933. The molecule has 2 rings (SSSR count). The van der Waals surface area contributed by atoms with E-state index in [-0.39, 0.29) is 11.9 Å². The van der Waals surface area contributed by atoms with Crippen LogP contribution < -0.4 is 0 Å². The summed E-state index contributed by atoms with van der Waals surface area (Å²) in [5.41, 5.74) is -2.52. The topological polar surface area (TPSA) is 66.8 Å². The van der Waals surface area contributed by atoms with Gasteiger partial charge in [-0.3, -0.25) is 4.79 Å². The number of carbonyl (C=O) groups excluding carboxylic acids is 1. The van der Waals surface area contributed by atoms with Crippen molar-refractivity contribution in [3.8, 4) is 0 Å². The minimum atomic E-state index is -0.987. The molecule has 19 heavy (non-hydrogen) atoms. The zero-order valence-corrected chi connectivity index (χ0v) is 12.2. The van der Waals surface area contributed by atoms with Crippen LogP contribution in [0.25, 0.3) is 0 Å². The van der Waals surface area contributed by atoms with Gasteiger partial charge in [-0.25, -0.2) is 0 Å². The van der Waals surface area contributed by atoms with Gasteiger partial charge in [-0.1, -0.05) is 0 Å². The van der Waals surface area contributed by atoms with E-state index in [2.05, 4.69) is 0 Å². The summed E-state index contributed by atoms with van der Waals surface area (Å²) in [6.45, 7) is 5.67. The van der Waals surface area contributed by atoms with Gasteiger partial charge in [0.25, 0.3) is 0 Å². The molecule has 0 bridgehead atoms. The van der Waals surface area contributed by atoms with Crippen LogP contribution >= 0.6 is 0 Å². The van der Waals surface area contributed by atoms with Gasteiger partial charge in [-0.05, 0) is 65.2 Å². The van der Waals surface area contributed by atoms with Crippen LogP contribution in [0.5, 0.6) is 0 Å². The van der Waals surface area contributed by atoms with Crippen molar-refractivity contribution in [1.82, 2.24) is 0 Å². The van der Waals surface area contributed by atoms with Crippen LogP contribution in [0.4, 0.5) is 0 Å². The zero-order chi connectivity index (χ0) is 14.3. The molecule has 0 aliphatic heterocycles. The summed E-state index contributed by atoms with van der Waals surface area (Å²) in [4.78, 5) is 12.3. The van der Waals surface area contributed by atoms with E-state index in [0.29, 0.717) is 32.3 Å². The van der Waals surface area contributed by atoms with E-state index in [0.717, 1.165) is 12.8 Å². The fourth-order valence-corrected chi connectivity index (χ4v) is 4.24. The van der Waals surface area contributed by atoms with Gasteiger partial charge in [0.1, 0.15) is 0 Å². The van der Waals surface area contributed by atoms with Crippen LogP contribution in [-0.4, -0.2) is 34.0 Å². The van der Waals surface area contributed by atoms with Gasteiger partial charge in [0.2, 0.25) is 0 Å². The van der Waals surface area contributed by atoms with E-state index in [4.69, 9.17) is 4.74 Å². The molecule has 3 atom stereocenters. The first kappa shape index (κ1) is 14.8. The lowest BCUT2D eigenvalue weighted by atomic mass is 9.72. The highest BCUT2D eigenvalue weighted by Gasteiger charge is 2.66. The molecule has 0 unspecified atom stereocenters. The zero-order valence-electron chi connectivity index (χ0n) is 12.2. The Labute approximate surface area is 115 Å². The smallest absolute Gasteiger partial charge is 0.315 e. The minimum Gasteiger partial charge on any atom is -0.465 e. The molecule has 2 N–H and O–H groups in total. The third kappa shape index (κ3) is 2.29. The third-order valence-corrected chi connectivity index (χ3v) is 5.00. The normalized spacial score (nSPS) is 38.3. The van der Waals surface area contributed by atoms with Crippen LogP contribution in [0.1, 0.15) is 59.3 Å². The number of esters is 1. The molecule has 0 aromatic carbocycles. The Morgan fingerprint density at radius 1 is 1.37 bits per heavy atom. The lowest BCUT2D eigenvalue weighted by Gasteiger charge is -2.39. The van der Waals surface area contributed by atoms with Crippen molar-refractivity contribution in [2.24, 2.45) is 11.3 Å².